The summed E-state index contributed by atoms with van der Waals surface area (Å²) < 4.78 is 0. The van der Waals surface area contributed by atoms with Gasteiger partial charge >= 0.3 is 0 Å². The van der Waals surface area contributed by atoms with Crippen LogP contribution in [-0.2, 0) is 17.6 Å². The van der Waals surface area contributed by atoms with E-state index in [1.165, 1.54) is 11.1 Å². The molecular weight excluding hydrogens is 382 g/mol. The highest BCUT2D eigenvalue weighted by molar-refractivity contribution is 5.96. The van der Waals surface area contributed by atoms with Crippen molar-refractivity contribution in [2.45, 2.75) is 45.6 Å². The van der Waals surface area contributed by atoms with E-state index in [1.807, 2.05) is 30.4 Å². The van der Waals surface area contributed by atoms with Crippen molar-refractivity contribution in [2.75, 3.05) is 19.6 Å². The van der Waals surface area contributed by atoms with Crippen molar-refractivity contribution in [1.29, 1.82) is 0 Å². The predicted octanol–water partition coefficient (Wildman–Crippen LogP) is 5.18. The molecule has 1 aliphatic heterocycles. The Morgan fingerprint density at radius 2 is 1.52 bits per heavy atom. The summed E-state index contributed by atoms with van der Waals surface area (Å²) in [7, 11) is 0. The molecule has 2 aromatic carbocycles. The van der Waals surface area contributed by atoms with Crippen LogP contribution in [0, 0.1) is 5.92 Å². The van der Waals surface area contributed by atoms with Gasteiger partial charge in [-0.05, 0) is 54.1 Å². The van der Waals surface area contributed by atoms with Crippen LogP contribution >= 0.6 is 0 Å². The van der Waals surface area contributed by atoms with Crippen LogP contribution in [0.3, 0.4) is 0 Å². The first kappa shape index (κ1) is 23.2. The van der Waals surface area contributed by atoms with Crippen molar-refractivity contribution < 1.29 is 9.90 Å². The second-order valence-corrected chi connectivity index (χ2v) is 8.45. The van der Waals surface area contributed by atoms with Crippen LogP contribution in [0.2, 0.25) is 0 Å². The Morgan fingerprint density at radius 1 is 0.968 bits per heavy atom. The van der Waals surface area contributed by atoms with Gasteiger partial charge in [0.25, 0.3) is 0 Å². The van der Waals surface area contributed by atoms with E-state index in [9.17, 15) is 9.90 Å². The van der Waals surface area contributed by atoms with E-state index in [2.05, 4.69) is 62.1 Å². The van der Waals surface area contributed by atoms with Gasteiger partial charge in [0, 0.05) is 13.1 Å². The zero-order valence-electron chi connectivity index (χ0n) is 19.1. The Bertz CT molecular complexity index is 911. The fraction of sp³-hybridized carbons (Fsp3) is 0.393. The highest BCUT2D eigenvalue weighted by Crippen LogP contribution is 2.31. The van der Waals surface area contributed by atoms with E-state index < -0.39 is 11.5 Å². The van der Waals surface area contributed by atoms with E-state index in [1.54, 1.807) is 6.08 Å². The monoisotopic (exact) mass is 417 g/mol. The Hall–Kier alpha value is -2.49. The largest absolute Gasteiger partial charge is 0.385 e. The molecule has 0 aliphatic carbocycles. The second-order valence-electron chi connectivity index (χ2n) is 8.45. The number of allylic oxidation sites excluding steroid dienone is 1. The van der Waals surface area contributed by atoms with Crippen LogP contribution < -0.4 is 0 Å². The first-order chi connectivity index (χ1) is 15.0. The Balaban J connectivity index is 1.78. The minimum absolute atomic E-state index is 0.0220. The van der Waals surface area contributed by atoms with Crippen LogP contribution in [0.15, 0.2) is 60.7 Å². The molecule has 1 heterocycles. The standard InChI is InChI=1S/C28H35NO2/c1-4-22-7-11-24(12-8-22)15-16-27(30)26-21-29(6-3)20-19-28(26,31)18-17-25-13-9-23(5-2)10-14-25/h7-18,26,31H,4-6,19-21H2,1-3H3. The number of aliphatic hydroxyl groups is 1. The molecule has 0 saturated carbocycles. The van der Waals surface area contributed by atoms with E-state index in [-0.39, 0.29) is 5.78 Å². The number of likely N-dealkylation sites (tertiary alicyclic amines) is 1. The molecule has 1 N–H and O–H groups in total. The molecule has 3 rings (SSSR count). The van der Waals surface area contributed by atoms with E-state index >= 15 is 0 Å². The number of aryl methyl sites for hydroxylation is 2. The molecule has 0 bridgehead atoms. The van der Waals surface area contributed by atoms with Gasteiger partial charge < -0.3 is 10.0 Å². The lowest BCUT2D eigenvalue weighted by molar-refractivity contribution is -0.129. The van der Waals surface area contributed by atoms with Crippen LogP contribution in [0.4, 0.5) is 0 Å². The number of rotatable bonds is 8. The molecule has 3 heteroatoms. The molecule has 0 aromatic heterocycles. The van der Waals surface area contributed by atoms with Crippen molar-refractivity contribution in [2.24, 2.45) is 5.92 Å². The third-order valence-electron chi connectivity index (χ3n) is 6.44. The van der Waals surface area contributed by atoms with Crippen molar-refractivity contribution >= 4 is 17.9 Å². The lowest BCUT2D eigenvalue weighted by Crippen LogP contribution is -2.53. The Morgan fingerprint density at radius 3 is 2.03 bits per heavy atom. The summed E-state index contributed by atoms with van der Waals surface area (Å²) in [5, 5.41) is 11.5. The lowest BCUT2D eigenvalue weighted by atomic mass is 9.77. The van der Waals surface area contributed by atoms with Gasteiger partial charge in [-0.1, -0.05) is 87.5 Å². The summed E-state index contributed by atoms with van der Waals surface area (Å²) in [5.41, 5.74) is 3.48. The minimum Gasteiger partial charge on any atom is -0.385 e. The molecule has 1 fully saturated rings. The van der Waals surface area contributed by atoms with Crippen LogP contribution in [0.25, 0.3) is 12.2 Å². The first-order valence-corrected chi connectivity index (χ1v) is 11.5. The Kier molecular flexibility index (Phi) is 8.00. The summed E-state index contributed by atoms with van der Waals surface area (Å²) >= 11 is 0. The molecule has 2 unspecified atom stereocenters. The first-order valence-electron chi connectivity index (χ1n) is 11.5. The third kappa shape index (κ3) is 6.03. The van der Waals surface area contributed by atoms with Gasteiger partial charge in [0.2, 0.25) is 0 Å². The maximum absolute atomic E-state index is 13.2. The number of ketones is 1. The number of hydrogen-bond donors (Lipinski definition) is 1. The Labute approximate surface area is 187 Å². The summed E-state index contributed by atoms with van der Waals surface area (Å²) in [6, 6.07) is 16.6. The van der Waals surface area contributed by atoms with Gasteiger partial charge in [0.15, 0.2) is 5.78 Å². The molecule has 0 radical (unpaired) electrons. The molecule has 2 aromatic rings. The molecule has 2 atom stereocenters. The number of nitrogens with zero attached hydrogens (tertiary/aromatic N) is 1. The molecule has 0 spiro atoms. The van der Waals surface area contributed by atoms with Gasteiger partial charge in [-0.25, -0.2) is 0 Å². The van der Waals surface area contributed by atoms with Gasteiger partial charge in [-0.3, -0.25) is 4.79 Å². The molecule has 3 nitrogen and oxygen atoms in total. The van der Waals surface area contributed by atoms with E-state index in [0.717, 1.165) is 37.1 Å². The van der Waals surface area contributed by atoms with Gasteiger partial charge in [0.1, 0.15) is 0 Å². The smallest absolute Gasteiger partial charge is 0.163 e. The average Bonchev–Trinajstić information content (AvgIpc) is 2.82. The average molecular weight is 418 g/mol. The van der Waals surface area contributed by atoms with Gasteiger partial charge in [-0.15, -0.1) is 0 Å². The zero-order chi connectivity index (χ0) is 22.3. The maximum atomic E-state index is 13.2. The topological polar surface area (TPSA) is 40.5 Å². The van der Waals surface area contributed by atoms with E-state index in [4.69, 9.17) is 0 Å². The summed E-state index contributed by atoms with van der Waals surface area (Å²) in [6.45, 7) is 8.61. The highest BCUT2D eigenvalue weighted by Gasteiger charge is 2.42. The van der Waals surface area contributed by atoms with Crippen molar-refractivity contribution in [1.82, 2.24) is 4.90 Å². The van der Waals surface area contributed by atoms with Crippen LogP contribution in [0.1, 0.15) is 49.4 Å². The van der Waals surface area contributed by atoms with E-state index in [0.29, 0.717) is 13.0 Å². The van der Waals surface area contributed by atoms with Crippen molar-refractivity contribution in [3.05, 3.63) is 82.9 Å². The number of carbonyl (C=O) groups is 1. The summed E-state index contributed by atoms with van der Waals surface area (Å²) in [6.07, 6.45) is 9.85. The zero-order valence-corrected chi connectivity index (χ0v) is 19.1. The fourth-order valence-electron chi connectivity index (χ4n) is 4.11. The molecule has 31 heavy (non-hydrogen) atoms. The van der Waals surface area contributed by atoms with Crippen molar-refractivity contribution in [3.8, 4) is 0 Å². The molecular formula is C28H35NO2. The molecule has 164 valence electrons. The number of benzene rings is 2. The quantitative estimate of drug-likeness (QED) is 0.602. The second kappa shape index (κ2) is 10.7. The SMILES string of the molecule is CCc1ccc(C=CC(=O)C2CN(CC)CCC2(O)C=Cc2ccc(CC)cc2)cc1. The normalized spacial score (nSPS) is 22.4. The third-order valence-corrected chi connectivity index (χ3v) is 6.44. The maximum Gasteiger partial charge on any atom is 0.163 e. The fourth-order valence-corrected chi connectivity index (χ4v) is 4.11. The predicted molar refractivity (Wildman–Crippen MR) is 130 cm³/mol. The van der Waals surface area contributed by atoms with Gasteiger partial charge in [-0.2, -0.15) is 0 Å². The minimum atomic E-state index is -1.14. The molecule has 1 aliphatic rings. The van der Waals surface area contributed by atoms with Crippen molar-refractivity contribution in [3.63, 3.8) is 0 Å². The number of hydrogen-bond acceptors (Lipinski definition) is 3. The van der Waals surface area contributed by atoms with Crippen LogP contribution in [0.5, 0.6) is 0 Å². The number of piperidine rings is 1. The molecule has 1 saturated heterocycles. The number of carbonyl (C=O) groups excluding carboxylic acids is 1. The summed E-state index contributed by atoms with van der Waals surface area (Å²) in [4.78, 5) is 15.4. The molecule has 0 amide bonds. The van der Waals surface area contributed by atoms with Crippen LogP contribution in [-0.4, -0.2) is 41.0 Å². The summed E-state index contributed by atoms with van der Waals surface area (Å²) in [5.74, 6) is -0.496. The lowest BCUT2D eigenvalue weighted by Gasteiger charge is -2.41. The van der Waals surface area contributed by atoms with Gasteiger partial charge in [0.05, 0.1) is 11.5 Å². The highest BCUT2D eigenvalue weighted by atomic mass is 16.3.